The number of benzene rings is 1. The molecule has 0 bridgehead atoms. The van der Waals surface area contributed by atoms with Crippen molar-refractivity contribution in [2.75, 3.05) is 18.4 Å². The van der Waals surface area contributed by atoms with Gasteiger partial charge < -0.3 is 15.7 Å². The van der Waals surface area contributed by atoms with Crippen molar-refractivity contribution in [1.29, 1.82) is 0 Å². The molecule has 6 nitrogen and oxygen atoms in total. The molecular weight excluding hydrogens is 360 g/mol. The second-order valence-electron chi connectivity index (χ2n) is 6.39. The fourth-order valence-electron chi connectivity index (χ4n) is 2.83. The van der Waals surface area contributed by atoms with Crippen LogP contribution in [0.15, 0.2) is 36.7 Å². The van der Waals surface area contributed by atoms with E-state index in [4.69, 9.17) is 0 Å². The summed E-state index contributed by atoms with van der Waals surface area (Å²) in [6, 6.07) is 10.3. The SMILES string of the molecule is CC[C@H](O)CNC(=O)c1sc2ncnc(NCCc3ccccc3)c2c1C. The Morgan fingerprint density at radius 2 is 2.04 bits per heavy atom. The highest BCUT2D eigenvalue weighted by atomic mass is 32.1. The molecule has 3 aromatic rings. The Morgan fingerprint density at radius 3 is 2.78 bits per heavy atom. The van der Waals surface area contributed by atoms with Crippen molar-refractivity contribution in [3.8, 4) is 0 Å². The third-order valence-electron chi connectivity index (χ3n) is 4.45. The van der Waals surface area contributed by atoms with Gasteiger partial charge in [-0.2, -0.15) is 0 Å². The molecule has 0 aliphatic rings. The summed E-state index contributed by atoms with van der Waals surface area (Å²) in [5.74, 6) is 0.565. The van der Waals surface area contributed by atoms with E-state index in [1.165, 1.54) is 23.2 Å². The Kier molecular flexibility index (Phi) is 6.36. The van der Waals surface area contributed by atoms with Crippen LogP contribution in [0.5, 0.6) is 0 Å². The molecule has 0 unspecified atom stereocenters. The molecule has 2 heterocycles. The number of aliphatic hydroxyl groups is 1. The molecule has 0 spiro atoms. The van der Waals surface area contributed by atoms with Gasteiger partial charge in [0.15, 0.2) is 0 Å². The molecule has 0 aliphatic carbocycles. The Morgan fingerprint density at radius 1 is 1.26 bits per heavy atom. The molecule has 7 heteroatoms. The summed E-state index contributed by atoms with van der Waals surface area (Å²) in [6.45, 7) is 4.78. The first-order valence-electron chi connectivity index (χ1n) is 9.08. The molecule has 1 amide bonds. The number of carbonyl (C=O) groups excluding carboxylic acids is 1. The number of aliphatic hydroxyl groups excluding tert-OH is 1. The maximum absolute atomic E-state index is 12.5. The van der Waals surface area contributed by atoms with Crippen LogP contribution < -0.4 is 10.6 Å². The highest BCUT2D eigenvalue weighted by Crippen LogP contribution is 2.33. The van der Waals surface area contributed by atoms with Gasteiger partial charge >= 0.3 is 0 Å². The molecule has 0 radical (unpaired) electrons. The third kappa shape index (κ3) is 4.61. The number of hydrogen-bond donors (Lipinski definition) is 3. The molecule has 0 saturated carbocycles. The van der Waals surface area contributed by atoms with Crippen molar-refractivity contribution in [3.05, 3.63) is 52.7 Å². The lowest BCUT2D eigenvalue weighted by Gasteiger charge is -2.09. The van der Waals surface area contributed by atoms with Crippen LogP contribution in [0.1, 0.15) is 34.1 Å². The van der Waals surface area contributed by atoms with Crippen molar-refractivity contribution in [3.63, 3.8) is 0 Å². The molecule has 1 aromatic carbocycles. The van der Waals surface area contributed by atoms with E-state index < -0.39 is 6.10 Å². The maximum atomic E-state index is 12.5. The zero-order valence-electron chi connectivity index (χ0n) is 15.5. The molecule has 0 saturated heterocycles. The van der Waals surface area contributed by atoms with E-state index in [0.29, 0.717) is 11.3 Å². The number of rotatable bonds is 8. The van der Waals surface area contributed by atoms with Crippen LogP contribution in [-0.4, -0.2) is 40.2 Å². The Balaban J connectivity index is 1.75. The predicted molar refractivity (Wildman–Crippen MR) is 109 cm³/mol. The number of aryl methyl sites for hydroxylation is 1. The smallest absolute Gasteiger partial charge is 0.261 e. The minimum atomic E-state index is -0.529. The number of anilines is 1. The zero-order chi connectivity index (χ0) is 19.2. The number of nitrogens with one attached hydrogen (secondary N) is 2. The second-order valence-corrected chi connectivity index (χ2v) is 7.39. The number of hydrogen-bond acceptors (Lipinski definition) is 6. The van der Waals surface area contributed by atoms with E-state index in [-0.39, 0.29) is 12.5 Å². The topological polar surface area (TPSA) is 87.1 Å². The van der Waals surface area contributed by atoms with E-state index in [2.05, 4.69) is 32.7 Å². The van der Waals surface area contributed by atoms with Crippen molar-refractivity contribution in [2.24, 2.45) is 0 Å². The molecule has 27 heavy (non-hydrogen) atoms. The van der Waals surface area contributed by atoms with Crippen molar-refractivity contribution in [1.82, 2.24) is 15.3 Å². The van der Waals surface area contributed by atoms with Crippen LogP contribution in [0.3, 0.4) is 0 Å². The number of aromatic nitrogens is 2. The summed E-state index contributed by atoms with van der Waals surface area (Å²) in [5, 5.41) is 16.7. The van der Waals surface area contributed by atoms with Crippen molar-refractivity contribution in [2.45, 2.75) is 32.8 Å². The quantitative estimate of drug-likeness (QED) is 0.555. The minimum absolute atomic E-state index is 0.182. The Hall–Kier alpha value is -2.51. The first kappa shape index (κ1) is 19.3. The van der Waals surface area contributed by atoms with Crippen molar-refractivity contribution >= 4 is 33.3 Å². The molecule has 3 rings (SSSR count). The van der Waals surface area contributed by atoms with Crippen LogP contribution in [-0.2, 0) is 6.42 Å². The van der Waals surface area contributed by atoms with Gasteiger partial charge in [-0.1, -0.05) is 37.3 Å². The van der Waals surface area contributed by atoms with E-state index >= 15 is 0 Å². The van der Waals surface area contributed by atoms with Crippen LogP contribution in [0.2, 0.25) is 0 Å². The summed E-state index contributed by atoms with van der Waals surface area (Å²) < 4.78 is 0. The summed E-state index contributed by atoms with van der Waals surface area (Å²) in [7, 11) is 0. The summed E-state index contributed by atoms with van der Waals surface area (Å²) in [4.78, 5) is 22.6. The van der Waals surface area contributed by atoms with Gasteiger partial charge in [0.25, 0.3) is 5.91 Å². The van der Waals surface area contributed by atoms with Gasteiger partial charge in [0.05, 0.1) is 16.4 Å². The average molecular weight is 385 g/mol. The molecule has 2 aromatic heterocycles. The van der Waals surface area contributed by atoms with Gasteiger partial charge in [-0.05, 0) is 30.9 Å². The third-order valence-corrected chi connectivity index (χ3v) is 5.65. The predicted octanol–water partition coefficient (Wildman–Crippen LogP) is 3.16. The van der Waals surface area contributed by atoms with E-state index in [0.717, 1.165) is 34.6 Å². The highest BCUT2D eigenvalue weighted by molar-refractivity contribution is 7.20. The summed E-state index contributed by atoms with van der Waals surface area (Å²) >= 11 is 1.35. The lowest BCUT2D eigenvalue weighted by Crippen LogP contribution is -2.31. The first-order chi connectivity index (χ1) is 13.1. The van der Waals surface area contributed by atoms with Gasteiger partial charge in [-0.15, -0.1) is 11.3 Å². The number of fused-ring (bicyclic) bond motifs is 1. The van der Waals surface area contributed by atoms with Crippen LogP contribution >= 0.6 is 11.3 Å². The standard InChI is InChI=1S/C20H24N4O2S/c1-3-15(25)11-22-19(26)17-13(2)16-18(23-12-24-20(16)27-17)21-10-9-14-7-5-4-6-8-14/h4-8,12,15,25H,3,9-11H2,1-2H3,(H,22,26)(H,21,23,24)/t15-/m0/s1. The van der Waals surface area contributed by atoms with E-state index in [1.807, 2.05) is 32.0 Å². The second kappa shape index (κ2) is 8.92. The lowest BCUT2D eigenvalue weighted by atomic mass is 10.1. The maximum Gasteiger partial charge on any atom is 0.261 e. The molecule has 1 atom stereocenters. The first-order valence-corrected chi connectivity index (χ1v) is 9.90. The monoisotopic (exact) mass is 384 g/mol. The van der Waals surface area contributed by atoms with Gasteiger partial charge in [-0.25, -0.2) is 9.97 Å². The highest BCUT2D eigenvalue weighted by Gasteiger charge is 2.19. The fraction of sp³-hybridized carbons (Fsp3) is 0.350. The minimum Gasteiger partial charge on any atom is -0.391 e. The van der Waals surface area contributed by atoms with Gasteiger partial charge in [0.1, 0.15) is 17.0 Å². The molecule has 3 N–H and O–H groups in total. The van der Waals surface area contributed by atoms with Crippen LogP contribution in [0.25, 0.3) is 10.2 Å². The number of amides is 1. The molecular formula is C20H24N4O2S. The van der Waals surface area contributed by atoms with Gasteiger partial charge in [0.2, 0.25) is 0 Å². The molecule has 142 valence electrons. The van der Waals surface area contributed by atoms with E-state index in [9.17, 15) is 9.90 Å². The molecule has 0 fully saturated rings. The largest absolute Gasteiger partial charge is 0.391 e. The van der Waals surface area contributed by atoms with Crippen LogP contribution in [0, 0.1) is 6.92 Å². The van der Waals surface area contributed by atoms with E-state index in [1.54, 1.807) is 0 Å². The number of nitrogens with zero attached hydrogens (tertiary/aromatic N) is 2. The molecule has 0 aliphatic heterocycles. The normalized spacial score (nSPS) is 12.1. The van der Waals surface area contributed by atoms with Crippen molar-refractivity contribution < 1.29 is 9.90 Å². The zero-order valence-corrected chi connectivity index (χ0v) is 16.3. The Bertz CT molecular complexity index is 911. The lowest BCUT2D eigenvalue weighted by molar-refractivity contribution is 0.0917. The number of thiophene rings is 1. The Labute approximate surface area is 162 Å². The average Bonchev–Trinajstić information content (AvgIpc) is 3.04. The fourth-order valence-corrected chi connectivity index (χ4v) is 3.89. The summed E-state index contributed by atoms with van der Waals surface area (Å²) in [6.07, 6.45) is 2.48. The number of carbonyl (C=O) groups is 1. The van der Waals surface area contributed by atoms with Gasteiger partial charge in [-0.3, -0.25) is 4.79 Å². The summed E-state index contributed by atoms with van der Waals surface area (Å²) in [5.41, 5.74) is 2.12. The van der Waals surface area contributed by atoms with Gasteiger partial charge in [0, 0.05) is 13.1 Å². The van der Waals surface area contributed by atoms with Crippen LogP contribution in [0.4, 0.5) is 5.82 Å².